The molecule has 1 aliphatic heterocycles. The van der Waals surface area contributed by atoms with Crippen molar-refractivity contribution in [1.82, 2.24) is 20.0 Å². The van der Waals surface area contributed by atoms with E-state index in [1.807, 2.05) is 19.9 Å². The van der Waals surface area contributed by atoms with E-state index in [1.54, 1.807) is 17.2 Å². The average Bonchev–Trinajstić information content (AvgIpc) is 3.21. The van der Waals surface area contributed by atoms with Gasteiger partial charge in [-0.05, 0) is 38.8 Å². The van der Waals surface area contributed by atoms with E-state index in [0.717, 1.165) is 18.5 Å². The van der Waals surface area contributed by atoms with Crippen LogP contribution < -0.4 is 0 Å². The Morgan fingerprint density at radius 2 is 2.35 bits per heavy atom. The molecule has 0 aromatic carbocycles. The molecule has 2 aromatic rings. The first-order valence-corrected chi connectivity index (χ1v) is 7.83. The second-order valence-corrected chi connectivity index (χ2v) is 5.53. The van der Waals surface area contributed by atoms with Crippen LogP contribution in [0.5, 0.6) is 0 Å². The molecule has 0 spiro atoms. The lowest BCUT2D eigenvalue weighted by molar-refractivity contribution is 0.0728. The van der Waals surface area contributed by atoms with E-state index < -0.39 is 0 Å². The molecule has 1 unspecified atom stereocenters. The molecule has 0 aliphatic carbocycles. The standard InChI is InChI=1S/C16H20N4O3/c1-3-22-10-14-18-15(19-23-14)13-5-4-8-20(13)16(21)12-7-6-11(2)17-9-12/h6-7,9,13H,3-5,8,10H2,1-2H3. The van der Waals surface area contributed by atoms with E-state index in [2.05, 4.69) is 15.1 Å². The summed E-state index contributed by atoms with van der Waals surface area (Å²) in [5.74, 6) is 0.944. The van der Waals surface area contributed by atoms with Crippen LogP contribution in [0.3, 0.4) is 0 Å². The zero-order chi connectivity index (χ0) is 16.2. The highest BCUT2D eigenvalue weighted by Gasteiger charge is 2.34. The lowest BCUT2D eigenvalue weighted by Crippen LogP contribution is -2.31. The Balaban J connectivity index is 1.75. The van der Waals surface area contributed by atoms with E-state index in [-0.39, 0.29) is 11.9 Å². The van der Waals surface area contributed by atoms with Gasteiger partial charge in [0.25, 0.3) is 11.8 Å². The van der Waals surface area contributed by atoms with E-state index in [4.69, 9.17) is 9.26 Å². The van der Waals surface area contributed by atoms with Crippen molar-refractivity contribution >= 4 is 5.91 Å². The monoisotopic (exact) mass is 316 g/mol. The molecule has 1 fully saturated rings. The molecule has 122 valence electrons. The molecule has 1 amide bonds. The minimum atomic E-state index is -0.150. The molecule has 23 heavy (non-hydrogen) atoms. The summed E-state index contributed by atoms with van der Waals surface area (Å²) < 4.78 is 10.5. The maximum absolute atomic E-state index is 12.7. The first kappa shape index (κ1) is 15.6. The Labute approximate surface area is 134 Å². The fourth-order valence-electron chi connectivity index (χ4n) is 2.69. The van der Waals surface area contributed by atoms with Gasteiger partial charge in [-0.1, -0.05) is 5.16 Å². The van der Waals surface area contributed by atoms with Crippen molar-refractivity contribution in [3.05, 3.63) is 41.3 Å². The smallest absolute Gasteiger partial charge is 0.256 e. The van der Waals surface area contributed by atoms with Gasteiger partial charge in [0, 0.05) is 25.0 Å². The van der Waals surface area contributed by atoms with Gasteiger partial charge in [-0.25, -0.2) is 0 Å². The zero-order valence-corrected chi connectivity index (χ0v) is 13.4. The predicted molar refractivity (Wildman–Crippen MR) is 81.6 cm³/mol. The molecule has 0 bridgehead atoms. The minimum absolute atomic E-state index is 0.0452. The molecule has 3 rings (SSSR count). The van der Waals surface area contributed by atoms with Crippen LogP contribution in [0.15, 0.2) is 22.9 Å². The summed E-state index contributed by atoms with van der Waals surface area (Å²) in [6.07, 6.45) is 3.37. The number of amides is 1. The molecule has 0 N–H and O–H groups in total. The second-order valence-electron chi connectivity index (χ2n) is 5.53. The first-order valence-electron chi connectivity index (χ1n) is 7.83. The number of hydrogen-bond donors (Lipinski definition) is 0. The minimum Gasteiger partial charge on any atom is -0.372 e. The summed E-state index contributed by atoms with van der Waals surface area (Å²) in [6.45, 7) is 5.38. The van der Waals surface area contributed by atoms with Crippen LogP contribution in [0, 0.1) is 6.92 Å². The highest BCUT2D eigenvalue weighted by molar-refractivity contribution is 5.94. The van der Waals surface area contributed by atoms with Gasteiger partial charge in [-0.3, -0.25) is 9.78 Å². The average molecular weight is 316 g/mol. The van der Waals surface area contributed by atoms with Gasteiger partial charge in [0.2, 0.25) is 0 Å². The molecule has 7 heteroatoms. The number of ether oxygens (including phenoxy) is 1. The Kier molecular flexibility index (Phi) is 4.66. The third-order valence-electron chi connectivity index (χ3n) is 3.88. The van der Waals surface area contributed by atoms with Crippen LogP contribution in [-0.4, -0.2) is 39.1 Å². The molecule has 0 radical (unpaired) electrons. The molecular weight excluding hydrogens is 296 g/mol. The first-order chi connectivity index (χ1) is 11.2. The summed E-state index contributed by atoms with van der Waals surface area (Å²) >= 11 is 0. The van der Waals surface area contributed by atoms with Gasteiger partial charge >= 0.3 is 0 Å². The van der Waals surface area contributed by atoms with Crippen molar-refractivity contribution in [1.29, 1.82) is 0 Å². The van der Waals surface area contributed by atoms with E-state index in [1.165, 1.54) is 0 Å². The van der Waals surface area contributed by atoms with Crippen LogP contribution >= 0.6 is 0 Å². The summed E-state index contributed by atoms with van der Waals surface area (Å²) in [6, 6.07) is 3.49. The van der Waals surface area contributed by atoms with Crippen LogP contribution in [0.25, 0.3) is 0 Å². The SMILES string of the molecule is CCOCc1nc(C2CCCN2C(=O)c2ccc(C)nc2)no1. The summed E-state index contributed by atoms with van der Waals surface area (Å²) in [5, 5.41) is 4.02. The maximum atomic E-state index is 12.7. The van der Waals surface area contributed by atoms with Crippen molar-refractivity contribution in [3.63, 3.8) is 0 Å². The molecule has 0 saturated carbocycles. The van der Waals surface area contributed by atoms with Crippen LogP contribution in [0.4, 0.5) is 0 Å². The van der Waals surface area contributed by atoms with Gasteiger partial charge < -0.3 is 14.2 Å². The van der Waals surface area contributed by atoms with Crippen molar-refractivity contribution in [3.8, 4) is 0 Å². The van der Waals surface area contributed by atoms with E-state index >= 15 is 0 Å². The lowest BCUT2D eigenvalue weighted by Gasteiger charge is -2.22. The Bertz CT molecular complexity index is 668. The summed E-state index contributed by atoms with van der Waals surface area (Å²) in [5.41, 5.74) is 1.47. The Morgan fingerprint density at radius 1 is 1.48 bits per heavy atom. The highest BCUT2D eigenvalue weighted by atomic mass is 16.5. The molecule has 1 atom stereocenters. The van der Waals surface area contributed by atoms with E-state index in [0.29, 0.717) is 37.0 Å². The molecule has 1 aliphatic rings. The molecule has 7 nitrogen and oxygen atoms in total. The third kappa shape index (κ3) is 3.39. The zero-order valence-electron chi connectivity index (χ0n) is 13.4. The van der Waals surface area contributed by atoms with Gasteiger partial charge in [0.15, 0.2) is 5.82 Å². The second kappa shape index (κ2) is 6.87. The van der Waals surface area contributed by atoms with Crippen molar-refractivity contribution in [2.45, 2.75) is 39.3 Å². The third-order valence-corrected chi connectivity index (χ3v) is 3.88. The molecular formula is C16H20N4O3. The quantitative estimate of drug-likeness (QED) is 0.842. The largest absolute Gasteiger partial charge is 0.372 e. The maximum Gasteiger partial charge on any atom is 0.256 e. The number of carbonyl (C=O) groups is 1. The van der Waals surface area contributed by atoms with Crippen molar-refractivity contribution in [2.75, 3.05) is 13.2 Å². The fraction of sp³-hybridized carbons (Fsp3) is 0.500. The van der Waals surface area contributed by atoms with Gasteiger partial charge in [0.05, 0.1) is 11.6 Å². The van der Waals surface area contributed by atoms with Crippen LogP contribution in [0.2, 0.25) is 0 Å². The molecule has 1 saturated heterocycles. The van der Waals surface area contributed by atoms with E-state index in [9.17, 15) is 4.79 Å². The van der Waals surface area contributed by atoms with Crippen molar-refractivity contribution < 1.29 is 14.1 Å². The fourth-order valence-corrected chi connectivity index (χ4v) is 2.69. The van der Waals surface area contributed by atoms with Crippen molar-refractivity contribution in [2.24, 2.45) is 0 Å². The summed E-state index contributed by atoms with van der Waals surface area (Å²) in [7, 11) is 0. The number of nitrogens with zero attached hydrogens (tertiary/aromatic N) is 4. The number of likely N-dealkylation sites (tertiary alicyclic amines) is 1. The summed E-state index contributed by atoms with van der Waals surface area (Å²) in [4.78, 5) is 23.0. The molecule has 2 aromatic heterocycles. The number of pyridine rings is 1. The molecule has 3 heterocycles. The number of rotatable bonds is 5. The number of hydrogen-bond acceptors (Lipinski definition) is 6. The number of aromatic nitrogens is 3. The highest BCUT2D eigenvalue weighted by Crippen LogP contribution is 2.31. The van der Waals surface area contributed by atoms with Crippen LogP contribution in [-0.2, 0) is 11.3 Å². The van der Waals surface area contributed by atoms with Crippen LogP contribution in [0.1, 0.15) is 53.6 Å². The normalized spacial score (nSPS) is 17.7. The van der Waals surface area contributed by atoms with Gasteiger partial charge in [0.1, 0.15) is 6.61 Å². The number of aryl methyl sites for hydroxylation is 1. The lowest BCUT2D eigenvalue weighted by atomic mass is 10.2. The number of carbonyl (C=O) groups excluding carboxylic acids is 1. The predicted octanol–water partition coefficient (Wildman–Crippen LogP) is 2.29. The van der Waals surface area contributed by atoms with Gasteiger partial charge in [-0.2, -0.15) is 4.98 Å². The van der Waals surface area contributed by atoms with Gasteiger partial charge in [-0.15, -0.1) is 0 Å². The topological polar surface area (TPSA) is 81.4 Å². The Morgan fingerprint density at radius 3 is 3.09 bits per heavy atom. The Hall–Kier alpha value is -2.28.